The van der Waals surface area contributed by atoms with Crippen molar-refractivity contribution in [1.29, 1.82) is 0 Å². The summed E-state index contributed by atoms with van der Waals surface area (Å²) in [6.45, 7) is 0. The summed E-state index contributed by atoms with van der Waals surface area (Å²) in [5.74, 6) is -0.335. The van der Waals surface area contributed by atoms with Crippen LogP contribution < -0.4 is 10.6 Å². The van der Waals surface area contributed by atoms with Crippen LogP contribution in [0.15, 0.2) is 59.5 Å². The molecular weight excluding hydrogens is 387 g/mol. The van der Waals surface area contributed by atoms with Crippen LogP contribution in [0.2, 0.25) is 0 Å². The van der Waals surface area contributed by atoms with Gasteiger partial charge in [-0.05, 0) is 41.5 Å². The van der Waals surface area contributed by atoms with Gasteiger partial charge < -0.3 is 5.32 Å². The van der Waals surface area contributed by atoms with E-state index in [0.29, 0.717) is 5.00 Å². The Kier molecular flexibility index (Phi) is 5.29. The van der Waals surface area contributed by atoms with E-state index in [1.54, 1.807) is 36.4 Å². The first kappa shape index (κ1) is 19.1. The quantitative estimate of drug-likeness (QED) is 0.678. The number of carbonyl (C=O) groups is 1. The van der Waals surface area contributed by atoms with Crippen LogP contribution in [0.3, 0.4) is 0 Å². The van der Waals surface area contributed by atoms with Crippen molar-refractivity contribution in [2.75, 3.05) is 18.6 Å². The average molecular weight is 404 g/mol. The van der Waals surface area contributed by atoms with Crippen LogP contribution in [0.5, 0.6) is 0 Å². The largest absolute Gasteiger partial charge is 0.341 e. The predicted molar refractivity (Wildman–Crippen MR) is 106 cm³/mol. The molecule has 1 heterocycles. The van der Waals surface area contributed by atoms with Gasteiger partial charge in [0, 0.05) is 23.7 Å². The van der Waals surface area contributed by atoms with Crippen molar-refractivity contribution in [3.8, 4) is 21.6 Å². The molecule has 0 aliphatic carbocycles. The van der Waals surface area contributed by atoms with E-state index in [9.17, 15) is 17.6 Å². The maximum atomic E-state index is 13.3. The van der Waals surface area contributed by atoms with E-state index < -0.39 is 9.84 Å². The highest BCUT2D eigenvalue weighted by atomic mass is 32.2. The van der Waals surface area contributed by atoms with E-state index in [4.69, 9.17) is 0 Å². The zero-order valence-corrected chi connectivity index (χ0v) is 16.2. The van der Waals surface area contributed by atoms with E-state index in [2.05, 4.69) is 10.6 Å². The lowest BCUT2D eigenvalue weighted by Gasteiger charge is -2.05. The lowest BCUT2D eigenvalue weighted by molar-refractivity contribution is 0.254. The summed E-state index contributed by atoms with van der Waals surface area (Å²) in [5.41, 5.74) is 2.41. The number of rotatable bonds is 4. The predicted octanol–water partition coefficient (Wildman–Crippen LogP) is 4.38. The topological polar surface area (TPSA) is 75.3 Å². The number of urea groups is 1. The third-order valence-corrected chi connectivity index (χ3v) is 6.12. The lowest BCUT2D eigenvalue weighted by Crippen LogP contribution is -2.23. The van der Waals surface area contributed by atoms with Gasteiger partial charge in [-0.25, -0.2) is 17.6 Å². The molecule has 3 aromatic rings. The van der Waals surface area contributed by atoms with Gasteiger partial charge in [-0.1, -0.05) is 24.3 Å². The van der Waals surface area contributed by atoms with Gasteiger partial charge in [0.05, 0.1) is 9.90 Å². The minimum Gasteiger partial charge on any atom is -0.341 e. The highest BCUT2D eigenvalue weighted by molar-refractivity contribution is 7.90. The van der Waals surface area contributed by atoms with Crippen LogP contribution in [0.1, 0.15) is 0 Å². The second kappa shape index (κ2) is 7.50. The fraction of sp³-hybridized carbons (Fsp3) is 0.105. The number of benzene rings is 2. The number of sulfone groups is 1. The van der Waals surface area contributed by atoms with E-state index in [1.807, 2.05) is 6.07 Å². The summed E-state index contributed by atoms with van der Waals surface area (Å²) >= 11 is 1.35. The Bertz CT molecular complexity index is 1070. The van der Waals surface area contributed by atoms with Crippen LogP contribution in [-0.4, -0.2) is 27.8 Å². The van der Waals surface area contributed by atoms with E-state index in [0.717, 1.165) is 27.8 Å². The highest BCUT2D eigenvalue weighted by Gasteiger charge is 2.15. The second-order valence-electron chi connectivity index (χ2n) is 5.86. The second-order valence-corrected chi connectivity index (χ2v) is 8.93. The number of anilines is 1. The molecule has 0 bridgehead atoms. The van der Waals surface area contributed by atoms with Gasteiger partial charge in [0.2, 0.25) is 0 Å². The molecule has 0 radical (unpaired) electrons. The molecule has 2 N–H and O–H groups in total. The van der Waals surface area contributed by atoms with Crippen LogP contribution in [0.4, 0.5) is 14.2 Å². The Labute approximate surface area is 160 Å². The van der Waals surface area contributed by atoms with Gasteiger partial charge in [0.1, 0.15) is 5.82 Å². The molecule has 0 spiro atoms. The summed E-state index contributed by atoms with van der Waals surface area (Å²) < 4.78 is 36.6. The Hall–Kier alpha value is -2.71. The van der Waals surface area contributed by atoms with Gasteiger partial charge >= 0.3 is 6.03 Å². The summed E-state index contributed by atoms with van der Waals surface area (Å²) in [4.78, 5) is 12.7. The Morgan fingerprint density at radius 1 is 1.00 bits per heavy atom. The molecule has 0 saturated heterocycles. The molecule has 3 rings (SSSR count). The first-order chi connectivity index (χ1) is 12.8. The molecule has 0 aliphatic heterocycles. The van der Waals surface area contributed by atoms with Crippen molar-refractivity contribution in [1.82, 2.24) is 5.32 Å². The monoisotopic (exact) mass is 404 g/mol. The van der Waals surface area contributed by atoms with Gasteiger partial charge in [0.15, 0.2) is 9.84 Å². The van der Waals surface area contributed by atoms with Crippen molar-refractivity contribution < 1.29 is 17.6 Å². The minimum atomic E-state index is -3.29. The first-order valence-corrected chi connectivity index (χ1v) is 10.7. The molecule has 0 fully saturated rings. The maximum Gasteiger partial charge on any atom is 0.319 e. The number of hydrogen-bond acceptors (Lipinski definition) is 4. The summed E-state index contributed by atoms with van der Waals surface area (Å²) in [6.07, 6.45) is 1.15. The van der Waals surface area contributed by atoms with Gasteiger partial charge in [0.25, 0.3) is 0 Å². The van der Waals surface area contributed by atoms with Crippen LogP contribution >= 0.6 is 11.3 Å². The average Bonchev–Trinajstić information content (AvgIpc) is 3.05. The van der Waals surface area contributed by atoms with E-state index in [-0.39, 0.29) is 16.7 Å². The molecule has 5 nitrogen and oxygen atoms in total. The Morgan fingerprint density at radius 3 is 2.15 bits per heavy atom. The summed E-state index contributed by atoms with van der Waals surface area (Å²) in [7, 11) is -1.76. The number of carbonyl (C=O) groups excluding carboxylic acids is 1. The molecule has 0 saturated carbocycles. The van der Waals surface area contributed by atoms with Crippen LogP contribution in [-0.2, 0) is 9.84 Å². The number of thiophene rings is 1. The zero-order chi connectivity index (χ0) is 19.6. The van der Waals surface area contributed by atoms with E-state index >= 15 is 0 Å². The van der Waals surface area contributed by atoms with Crippen molar-refractivity contribution >= 4 is 32.2 Å². The molecule has 2 amide bonds. The Balaban J connectivity index is 2.09. The molecule has 2 aromatic carbocycles. The highest BCUT2D eigenvalue weighted by Crippen LogP contribution is 2.42. The van der Waals surface area contributed by atoms with Gasteiger partial charge in [-0.3, -0.25) is 5.32 Å². The summed E-state index contributed by atoms with van der Waals surface area (Å²) in [5, 5.41) is 5.85. The summed E-state index contributed by atoms with van der Waals surface area (Å²) in [6, 6.07) is 14.1. The molecule has 0 aliphatic rings. The molecule has 0 unspecified atom stereocenters. The standard InChI is InChI=1S/C19H17FN2O3S2/c1-21-19(23)22-17-11-16(12-5-9-15(10-6-12)27(2,24)25)18(26-17)13-3-7-14(20)8-4-13/h3-11H,1-2H3,(H2,21,22,23). The number of hydrogen-bond donors (Lipinski definition) is 2. The third kappa shape index (κ3) is 4.35. The van der Waals surface area contributed by atoms with Crippen molar-refractivity contribution in [2.45, 2.75) is 4.90 Å². The number of nitrogens with one attached hydrogen (secondary N) is 2. The van der Waals surface area contributed by atoms with Crippen molar-refractivity contribution in [3.05, 3.63) is 60.4 Å². The van der Waals surface area contributed by atoms with Crippen molar-refractivity contribution in [3.63, 3.8) is 0 Å². The SMILES string of the molecule is CNC(=O)Nc1cc(-c2ccc(S(C)(=O)=O)cc2)c(-c2ccc(F)cc2)s1. The minimum absolute atomic E-state index is 0.230. The zero-order valence-electron chi connectivity index (χ0n) is 14.6. The maximum absolute atomic E-state index is 13.3. The smallest absolute Gasteiger partial charge is 0.319 e. The molecule has 140 valence electrons. The number of halogens is 1. The first-order valence-electron chi connectivity index (χ1n) is 7.97. The fourth-order valence-electron chi connectivity index (χ4n) is 2.54. The van der Waals surface area contributed by atoms with Crippen molar-refractivity contribution in [2.24, 2.45) is 0 Å². The van der Waals surface area contributed by atoms with Gasteiger partial charge in [-0.15, -0.1) is 11.3 Å². The molecule has 8 heteroatoms. The molecule has 27 heavy (non-hydrogen) atoms. The Morgan fingerprint density at radius 2 is 1.59 bits per heavy atom. The van der Waals surface area contributed by atoms with Gasteiger partial charge in [-0.2, -0.15) is 0 Å². The van der Waals surface area contributed by atoms with E-state index in [1.165, 1.54) is 30.5 Å². The third-order valence-electron chi connectivity index (χ3n) is 3.90. The van der Waals surface area contributed by atoms with Crippen LogP contribution in [0, 0.1) is 5.82 Å². The molecule has 1 aromatic heterocycles. The normalized spacial score (nSPS) is 11.2. The molecular formula is C19H17FN2O3S2. The lowest BCUT2D eigenvalue weighted by atomic mass is 10.0. The van der Waals surface area contributed by atoms with Crippen LogP contribution in [0.25, 0.3) is 21.6 Å². The molecule has 0 atom stereocenters. The fourth-order valence-corrected chi connectivity index (χ4v) is 4.25. The number of amides is 2.